The summed E-state index contributed by atoms with van der Waals surface area (Å²) in [4.78, 5) is 21.7. The van der Waals surface area contributed by atoms with Crippen LogP contribution in [0, 0.1) is 15.7 Å². The number of rotatable bonds is 3. The number of ether oxygens (including phenoxy) is 1. The molecule has 1 aromatic rings. The third kappa shape index (κ3) is 1.86. The minimum Gasteiger partial charge on any atom is -0.508 e. The van der Waals surface area contributed by atoms with Gasteiger partial charge in [-0.1, -0.05) is 51.9 Å². The fraction of sp³-hybridized carbons (Fsp3) is 0.647. The molecule has 2 heterocycles. The van der Waals surface area contributed by atoms with Crippen molar-refractivity contribution in [2.45, 2.75) is 52.6 Å². The Labute approximate surface area is 135 Å². The van der Waals surface area contributed by atoms with Crippen molar-refractivity contribution >= 4 is 0 Å². The van der Waals surface area contributed by atoms with Gasteiger partial charge in [0.1, 0.15) is 12.3 Å². The van der Waals surface area contributed by atoms with E-state index in [2.05, 4.69) is 39.8 Å². The molecule has 3 rings (SSSR count). The fourth-order valence-electron chi connectivity index (χ4n) is 4.21. The highest BCUT2D eigenvalue weighted by Crippen LogP contribution is 2.69. The van der Waals surface area contributed by atoms with Gasteiger partial charge in [0.2, 0.25) is 0 Å². The predicted octanol–water partition coefficient (Wildman–Crippen LogP) is 3.61. The summed E-state index contributed by atoms with van der Waals surface area (Å²) < 4.78 is 6.08. The first kappa shape index (κ1) is 16.4. The zero-order valence-electron chi connectivity index (χ0n) is 14.2. The topological polar surface area (TPSA) is 77.4 Å². The molecule has 2 saturated heterocycles. The van der Waals surface area contributed by atoms with Gasteiger partial charge in [0, 0.05) is 22.0 Å². The van der Waals surface area contributed by atoms with E-state index in [-0.39, 0.29) is 23.1 Å². The minimum atomic E-state index is -1.07. The van der Waals surface area contributed by atoms with Crippen molar-refractivity contribution in [2.75, 3.05) is 6.61 Å². The summed E-state index contributed by atoms with van der Waals surface area (Å²) in [5.74, 6) is -1.07. The van der Waals surface area contributed by atoms with Gasteiger partial charge in [-0.3, -0.25) is 0 Å². The van der Waals surface area contributed by atoms with Crippen LogP contribution in [0.15, 0.2) is 23.4 Å². The number of hydrogen-bond acceptors (Lipinski definition) is 6. The first-order valence-electron chi connectivity index (χ1n) is 7.74. The van der Waals surface area contributed by atoms with Gasteiger partial charge in [-0.2, -0.15) is 9.79 Å². The Morgan fingerprint density at radius 2 is 1.96 bits per heavy atom. The number of hydrogen-bond donors (Lipinski definition) is 1. The van der Waals surface area contributed by atoms with Gasteiger partial charge in [0.15, 0.2) is 5.60 Å². The molecular formula is C17H23NO5. The Hall–Kier alpha value is -1.50. The molecule has 0 spiro atoms. The highest BCUT2D eigenvalue weighted by molar-refractivity contribution is 5.41. The van der Waals surface area contributed by atoms with Crippen molar-refractivity contribution in [3.63, 3.8) is 0 Å². The van der Waals surface area contributed by atoms with Crippen molar-refractivity contribution in [3.8, 4) is 5.75 Å². The number of phenols is 1. The van der Waals surface area contributed by atoms with E-state index >= 15 is 0 Å². The van der Waals surface area contributed by atoms with Gasteiger partial charge < -0.3 is 9.84 Å². The van der Waals surface area contributed by atoms with Crippen molar-refractivity contribution in [1.82, 2.24) is 0 Å². The van der Waals surface area contributed by atoms with Crippen molar-refractivity contribution in [2.24, 2.45) is 16.0 Å². The maximum absolute atomic E-state index is 10.4. The molecule has 2 aliphatic rings. The third-order valence-corrected chi connectivity index (χ3v) is 5.09. The Bertz CT molecular complexity index is 651. The van der Waals surface area contributed by atoms with Crippen LogP contribution in [0.4, 0.5) is 0 Å². The molecule has 6 heteroatoms. The monoisotopic (exact) mass is 321 g/mol. The summed E-state index contributed by atoms with van der Waals surface area (Å²) in [6.07, 6.45) is 0. The molecule has 0 amide bonds. The first-order chi connectivity index (χ1) is 10.6. The molecule has 2 fully saturated rings. The molecule has 126 valence electrons. The molecule has 1 aromatic carbocycles. The van der Waals surface area contributed by atoms with E-state index in [0.717, 1.165) is 0 Å². The van der Waals surface area contributed by atoms with E-state index in [4.69, 9.17) is 14.5 Å². The van der Waals surface area contributed by atoms with E-state index in [1.54, 1.807) is 18.2 Å². The van der Waals surface area contributed by atoms with Crippen molar-refractivity contribution < 1.29 is 19.6 Å². The standard InChI is InChI=1S/C17H23NO5/c1-14(2,3)17-15(4,5)10-21-16(17,22-23-17)12-7-6-11(9-18-20)13(19)8-12/h6-8,19H,9-10H2,1-5H3. The Morgan fingerprint density at radius 3 is 2.43 bits per heavy atom. The highest BCUT2D eigenvalue weighted by atomic mass is 17.3. The molecule has 0 aliphatic carbocycles. The van der Waals surface area contributed by atoms with Crippen LogP contribution in [0.3, 0.4) is 0 Å². The highest BCUT2D eigenvalue weighted by Gasteiger charge is 2.81. The summed E-state index contributed by atoms with van der Waals surface area (Å²) in [6.45, 7) is 10.8. The van der Waals surface area contributed by atoms with Crippen LogP contribution in [0.1, 0.15) is 45.7 Å². The normalized spacial score (nSPS) is 32.2. The number of fused-ring (bicyclic) bond motifs is 1. The molecule has 0 aromatic heterocycles. The second kappa shape index (κ2) is 4.75. The van der Waals surface area contributed by atoms with Gasteiger partial charge in [0.25, 0.3) is 5.79 Å². The molecule has 0 saturated carbocycles. The lowest BCUT2D eigenvalue weighted by Gasteiger charge is -2.61. The van der Waals surface area contributed by atoms with Crippen molar-refractivity contribution in [3.05, 3.63) is 34.2 Å². The zero-order valence-corrected chi connectivity index (χ0v) is 14.2. The summed E-state index contributed by atoms with van der Waals surface area (Å²) in [6, 6.07) is 5.04. The molecule has 2 atom stereocenters. The lowest BCUT2D eigenvalue weighted by Crippen LogP contribution is -2.73. The van der Waals surface area contributed by atoms with Crippen LogP contribution in [-0.4, -0.2) is 17.3 Å². The lowest BCUT2D eigenvalue weighted by molar-refractivity contribution is -0.626. The number of benzene rings is 1. The Balaban J connectivity index is 2.12. The number of aromatic hydroxyl groups is 1. The summed E-state index contributed by atoms with van der Waals surface area (Å²) in [5.41, 5.74) is -0.0778. The fourth-order valence-corrected chi connectivity index (χ4v) is 4.21. The Kier molecular flexibility index (Phi) is 3.38. The second-order valence-electron chi connectivity index (χ2n) is 8.02. The maximum atomic E-state index is 10.4. The smallest absolute Gasteiger partial charge is 0.261 e. The average Bonchev–Trinajstić information content (AvgIpc) is 2.55. The number of nitroso groups, excluding NO2 is 1. The molecular weight excluding hydrogens is 298 g/mol. The van der Waals surface area contributed by atoms with Crippen LogP contribution >= 0.6 is 0 Å². The van der Waals surface area contributed by atoms with E-state index in [9.17, 15) is 10.0 Å². The number of nitrogens with zero attached hydrogens (tertiary/aromatic N) is 1. The predicted molar refractivity (Wildman–Crippen MR) is 83.4 cm³/mol. The largest absolute Gasteiger partial charge is 0.508 e. The summed E-state index contributed by atoms with van der Waals surface area (Å²) in [5, 5.41) is 13.0. The average molecular weight is 321 g/mol. The van der Waals surface area contributed by atoms with Gasteiger partial charge in [-0.05, 0) is 6.07 Å². The van der Waals surface area contributed by atoms with E-state index < -0.39 is 11.4 Å². The SMILES string of the molecule is CC(C)(C)C12OOC1(c1ccc(CN=O)c(O)c1)OCC2(C)C. The summed E-state index contributed by atoms with van der Waals surface area (Å²) >= 11 is 0. The third-order valence-electron chi connectivity index (χ3n) is 5.09. The van der Waals surface area contributed by atoms with Crippen LogP contribution < -0.4 is 0 Å². The lowest BCUT2D eigenvalue weighted by atomic mass is 9.57. The minimum absolute atomic E-state index is 0.00286. The molecule has 2 unspecified atom stereocenters. The first-order valence-corrected chi connectivity index (χ1v) is 7.74. The van der Waals surface area contributed by atoms with E-state index in [1.807, 2.05) is 0 Å². The maximum Gasteiger partial charge on any atom is 0.261 e. The number of phenolic OH excluding ortho intramolecular Hbond substituents is 1. The van der Waals surface area contributed by atoms with Gasteiger partial charge >= 0.3 is 0 Å². The molecule has 1 N–H and O–H groups in total. The molecule has 2 aliphatic heterocycles. The van der Waals surface area contributed by atoms with Gasteiger partial charge in [-0.15, -0.1) is 0 Å². The van der Waals surface area contributed by atoms with Gasteiger partial charge in [0.05, 0.1) is 6.61 Å². The van der Waals surface area contributed by atoms with Crippen LogP contribution in [-0.2, 0) is 26.8 Å². The van der Waals surface area contributed by atoms with Crippen LogP contribution in [0.25, 0.3) is 0 Å². The molecule has 0 bridgehead atoms. The second-order valence-corrected chi connectivity index (χ2v) is 8.02. The van der Waals surface area contributed by atoms with E-state index in [0.29, 0.717) is 17.7 Å². The van der Waals surface area contributed by atoms with Crippen molar-refractivity contribution in [1.29, 1.82) is 0 Å². The molecule has 23 heavy (non-hydrogen) atoms. The molecule has 0 radical (unpaired) electrons. The molecule has 6 nitrogen and oxygen atoms in total. The Morgan fingerprint density at radius 1 is 1.26 bits per heavy atom. The zero-order chi connectivity index (χ0) is 17.1. The summed E-state index contributed by atoms with van der Waals surface area (Å²) in [7, 11) is 0. The van der Waals surface area contributed by atoms with Gasteiger partial charge in [-0.25, -0.2) is 4.89 Å². The van der Waals surface area contributed by atoms with Crippen LogP contribution in [0.5, 0.6) is 5.75 Å². The van der Waals surface area contributed by atoms with E-state index in [1.165, 1.54) is 0 Å². The quantitative estimate of drug-likeness (QED) is 0.679. The van der Waals surface area contributed by atoms with Crippen LogP contribution in [0.2, 0.25) is 0 Å².